The lowest BCUT2D eigenvalue weighted by Crippen LogP contribution is -2.22. The zero-order valence-electron chi connectivity index (χ0n) is 10.0. The molecule has 1 aromatic rings. The van der Waals surface area contributed by atoms with E-state index in [1.807, 2.05) is 0 Å². The van der Waals surface area contributed by atoms with E-state index in [9.17, 15) is 0 Å². The summed E-state index contributed by atoms with van der Waals surface area (Å²) >= 11 is 0. The molecular formula is C14H19O2S+. The van der Waals surface area contributed by atoms with Crippen LogP contribution in [-0.4, -0.2) is 30.5 Å². The molecule has 1 aromatic carbocycles. The van der Waals surface area contributed by atoms with Gasteiger partial charge in [0.1, 0.15) is 17.6 Å². The van der Waals surface area contributed by atoms with Crippen LogP contribution in [0.3, 0.4) is 0 Å². The second-order valence-electron chi connectivity index (χ2n) is 4.67. The van der Waals surface area contributed by atoms with Crippen molar-refractivity contribution in [1.29, 1.82) is 0 Å². The quantitative estimate of drug-likeness (QED) is 0.769. The number of rotatable bonds is 3. The molecule has 3 unspecified atom stereocenters. The highest BCUT2D eigenvalue weighted by Crippen LogP contribution is 2.27. The van der Waals surface area contributed by atoms with Crippen molar-refractivity contribution < 1.29 is 9.47 Å². The standard InChI is InChI=1S/C14H19O2S/c1-2-5-13(6-3-1)17-10-8-12(11-17)16-14-7-4-9-15-14/h1-3,5-6,12,14H,4,7-11H2/q+1. The van der Waals surface area contributed by atoms with E-state index in [-0.39, 0.29) is 6.29 Å². The summed E-state index contributed by atoms with van der Waals surface area (Å²) in [7, 11) is 0.399. The largest absolute Gasteiger partial charge is 0.353 e. The molecule has 92 valence electrons. The predicted molar refractivity (Wildman–Crippen MR) is 70.3 cm³/mol. The Bertz CT molecular complexity index is 348. The molecule has 0 spiro atoms. The van der Waals surface area contributed by atoms with Gasteiger partial charge in [-0.3, -0.25) is 0 Å². The van der Waals surface area contributed by atoms with Crippen LogP contribution in [0.15, 0.2) is 35.2 Å². The number of ether oxygens (including phenoxy) is 2. The molecule has 2 fully saturated rings. The van der Waals surface area contributed by atoms with Crippen molar-refractivity contribution in [1.82, 2.24) is 0 Å². The molecule has 2 nitrogen and oxygen atoms in total. The first-order valence-electron chi connectivity index (χ1n) is 6.41. The van der Waals surface area contributed by atoms with Crippen LogP contribution in [0.1, 0.15) is 19.3 Å². The van der Waals surface area contributed by atoms with Crippen molar-refractivity contribution in [2.75, 3.05) is 18.1 Å². The van der Waals surface area contributed by atoms with Crippen LogP contribution in [0.4, 0.5) is 0 Å². The topological polar surface area (TPSA) is 18.5 Å². The van der Waals surface area contributed by atoms with E-state index >= 15 is 0 Å². The highest BCUT2D eigenvalue weighted by Gasteiger charge is 2.37. The van der Waals surface area contributed by atoms with E-state index in [2.05, 4.69) is 30.3 Å². The van der Waals surface area contributed by atoms with Crippen LogP contribution in [0, 0.1) is 0 Å². The smallest absolute Gasteiger partial charge is 0.158 e. The highest BCUT2D eigenvalue weighted by atomic mass is 32.2. The summed E-state index contributed by atoms with van der Waals surface area (Å²) < 4.78 is 11.5. The zero-order chi connectivity index (χ0) is 11.5. The van der Waals surface area contributed by atoms with E-state index in [0.717, 1.165) is 19.4 Å². The molecule has 0 saturated carbocycles. The van der Waals surface area contributed by atoms with Gasteiger partial charge in [-0.1, -0.05) is 18.2 Å². The number of hydrogen-bond acceptors (Lipinski definition) is 2. The average Bonchev–Trinajstić information content (AvgIpc) is 3.02. The SMILES string of the molecule is c1ccc([S+]2CCC(OC3CCCO3)C2)cc1. The normalized spacial score (nSPS) is 33.1. The van der Waals surface area contributed by atoms with Gasteiger partial charge in [-0.2, -0.15) is 0 Å². The number of benzene rings is 1. The number of hydrogen-bond donors (Lipinski definition) is 0. The fourth-order valence-corrected chi connectivity index (χ4v) is 4.85. The Labute approximate surface area is 106 Å². The lowest BCUT2D eigenvalue weighted by atomic mass is 10.3. The molecule has 3 atom stereocenters. The fraction of sp³-hybridized carbons (Fsp3) is 0.571. The van der Waals surface area contributed by atoms with E-state index in [1.165, 1.54) is 22.8 Å². The van der Waals surface area contributed by atoms with Crippen molar-refractivity contribution in [2.24, 2.45) is 0 Å². The van der Waals surface area contributed by atoms with Crippen molar-refractivity contribution in [3.63, 3.8) is 0 Å². The summed E-state index contributed by atoms with van der Waals surface area (Å²) in [4.78, 5) is 1.49. The molecular weight excluding hydrogens is 232 g/mol. The summed E-state index contributed by atoms with van der Waals surface area (Å²) in [5, 5.41) is 0. The molecule has 0 N–H and O–H groups in total. The Kier molecular flexibility index (Phi) is 3.69. The maximum Gasteiger partial charge on any atom is 0.158 e. The van der Waals surface area contributed by atoms with Crippen molar-refractivity contribution in [2.45, 2.75) is 36.6 Å². The summed E-state index contributed by atoms with van der Waals surface area (Å²) in [6.45, 7) is 0.877. The molecule has 0 amide bonds. The van der Waals surface area contributed by atoms with Crippen LogP contribution in [0.2, 0.25) is 0 Å². The lowest BCUT2D eigenvalue weighted by molar-refractivity contribution is -0.136. The third kappa shape index (κ3) is 2.84. The predicted octanol–water partition coefficient (Wildman–Crippen LogP) is 2.59. The minimum absolute atomic E-state index is 0.0827. The van der Waals surface area contributed by atoms with Gasteiger partial charge in [0, 0.05) is 30.3 Å². The van der Waals surface area contributed by atoms with Gasteiger partial charge < -0.3 is 9.47 Å². The first-order chi connectivity index (χ1) is 8.42. The molecule has 3 heteroatoms. The summed E-state index contributed by atoms with van der Waals surface area (Å²) in [6.07, 6.45) is 3.93. The summed E-state index contributed by atoms with van der Waals surface area (Å²) in [5.41, 5.74) is 0. The average molecular weight is 251 g/mol. The molecule has 3 rings (SSSR count). The highest BCUT2D eigenvalue weighted by molar-refractivity contribution is 7.97. The Morgan fingerprint density at radius 2 is 2.06 bits per heavy atom. The Balaban J connectivity index is 1.55. The van der Waals surface area contributed by atoms with Crippen molar-refractivity contribution >= 4 is 10.9 Å². The van der Waals surface area contributed by atoms with Crippen LogP contribution in [-0.2, 0) is 20.4 Å². The van der Waals surface area contributed by atoms with Gasteiger partial charge in [-0.05, 0) is 18.6 Å². The molecule has 2 saturated heterocycles. The van der Waals surface area contributed by atoms with Crippen LogP contribution in [0.25, 0.3) is 0 Å². The maximum absolute atomic E-state index is 6.01. The second kappa shape index (κ2) is 5.42. The van der Waals surface area contributed by atoms with E-state index in [4.69, 9.17) is 9.47 Å². The second-order valence-corrected chi connectivity index (χ2v) is 6.86. The van der Waals surface area contributed by atoms with Gasteiger partial charge in [-0.15, -0.1) is 0 Å². The summed E-state index contributed by atoms with van der Waals surface area (Å²) in [5.74, 6) is 2.46. The molecule has 2 heterocycles. The zero-order valence-corrected chi connectivity index (χ0v) is 10.8. The van der Waals surface area contributed by atoms with Gasteiger partial charge in [0.2, 0.25) is 0 Å². The first-order valence-corrected chi connectivity index (χ1v) is 7.98. The van der Waals surface area contributed by atoms with Gasteiger partial charge in [0.05, 0.1) is 0 Å². The van der Waals surface area contributed by atoms with Crippen molar-refractivity contribution in [3.05, 3.63) is 30.3 Å². The third-order valence-corrected chi connectivity index (χ3v) is 5.82. The fourth-order valence-electron chi connectivity index (χ4n) is 2.47. The van der Waals surface area contributed by atoms with E-state index < -0.39 is 0 Å². The molecule has 0 bridgehead atoms. The minimum atomic E-state index is 0.0827. The van der Waals surface area contributed by atoms with Gasteiger partial charge in [0.25, 0.3) is 0 Å². The van der Waals surface area contributed by atoms with Crippen LogP contribution in [0.5, 0.6) is 0 Å². The van der Waals surface area contributed by atoms with E-state index in [0.29, 0.717) is 17.0 Å². The molecule has 2 aliphatic rings. The van der Waals surface area contributed by atoms with E-state index in [1.54, 1.807) is 0 Å². The third-order valence-electron chi connectivity index (χ3n) is 3.38. The molecule has 2 aliphatic heterocycles. The maximum atomic E-state index is 6.01. The molecule has 0 radical (unpaired) electrons. The Hall–Kier alpha value is -0.510. The van der Waals surface area contributed by atoms with Gasteiger partial charge in [-0.25, -0.2) is 0 Å². The summed E-state index contributed by atoms with van der Waals surface area (Å²) in [6, 6.07) is 10.9. The molecule has 0 aliphatic carbocycles. The van der Waals surface area contributed by atoms with Crippen molar-refractivity contribution in [3.8, 4) is 0 Å². The van der Waals surface area contributed by atoms with Crippen LogP contribution < -0.4 is 0 Å². The Morgan fingerprint density at radius 3 is 2.82 bits per heavy atom. The monoisotopic (exact) mass is 251 g/mol. The lowest BCUT2D eigenvalue weighted by Gasteiger charge is -2.14. The minimum Gasteiger partial charge on any atom is -0.353 e. The molecule has 17 heavy (non-hydrogen) atoms. The van der Waals surface area contributed by atoms with Crippen LogP contribution >= 0.6 is 0 Å². The first kappa shape index (κ1) is 11.6. The van der Waals surface area contributed by atoms with Gasteiger partial charge >= 0.3 is 0 Å². The Morgan fingerprint density at radius 1 is 1.18 bits per heavy atom. The molecule has 0 aromatic heterocycles. The van der Waals surface area contributed by atoms with Gasteiger partial charge in [0.15, 0.2) is 11.2 Å².